The topological polar surface area (TPSA) is 146 Å². The second-order valence-electron chi connectivity index (χ2n) is 10.2. The Hall–Kier alpha value is -5.06. The molecule has 0 saturated carbocycles. The second kappa shape index (κ2) is 9.60. The van der Waals surface area contributed by atoms with Crippen LogP contribution in [0.15, 0.2) is 67.1 Å². The van der Waals surface area contributed by atoms with E-state index in [4.69, 9.17) is 15.7 Å². The number of aryl methyl sites for hydroxylation is 1. The first kappa shape index (κ1) is 24.0. The lowest BCUT2D eigenvalue weighted by atomic mass is 10.1. The molecule has 1 aliphatic heterocycles. The zero-order valence-electron chi connectivity index (χ0n) is 21.6. The van der Waals surface area contributed by atoms with Crippen LogP contribution in [-0.4, -0.2) is 47.2 Å². The van der Waals surface area contributed by atoms with Crippen LogP contribution >= 0.6 is 0 Å². The number of imidazole rings is 1. The molecule has 2 unspecified atom stereocenters. The Morgan fingerprint density at radius 3 is 2.80 bits per heavy atom. The van der Waals surface area contributed by atoms with E-state index in [1.54, 1.807) is 17.1 Å². The van der Waals surface area contributed by atoms with E-state index in [1.807, 2.05) is 47.2 Å². The average Bonchev–Trinajstić information content (AvgIpc) is 3.75. The number of aromatic nitrogens is 6. The van der Waals surface area contributed by atoms with Crippen LogP contribution in [0.25, 0.3) is 34.1 Å². The van der Waals surface area contributed by atoms with Gasteiger partial charge in [0.1, 0.15) is 11.3 Å². The number of pyridine rings is 2. The van der Waals surface area contributed by atoms with E-state index < -0.39 is 0 Å². The van der Waals surface area contributed by atoms with Crippen molar-refractivity contribution >= 4 is 28.8 Å². The molecule has 2 amide bonds. The lowest BCUT2D eigenvalue weighted by molar-refractivity contribution is -0.122. The van der Waals surface area contributed by atoms with Crippen molar-refractivity contribution < 1.29 is 9.59 Å². The van der Waals surface area contributed by atoms with Gasteiger partial charge in [-0.15, -0.1) is 0 Å². The number of carbonyl (C=O) groups is 2. The molecule has 4 N–H and O–H groups in total. The van der Waals surface area contributed by atoms with Crippen molar-refractivity contribution in [3.8, 4) is 22.9 Å². The van der Waals surface area contributed by atoms with Crippen molar-refractivity contribution in [3.05, 3.63) is 78.2 Å². The van der Waals surface area contributed by atoms with Gasteiger partial charge in [0.05, 0.1) is 11.6 Å². The number of carbonyl (C=O) groups excluding carboxylic acids is 2. The van der Waals surface area contributed by atoms with Crippen molar-refractivity contribution in [2.75, 3.05) is 5.73 Å². The van der Waals surface area contributed by atoms with Gasteiger partial charge < -0.3 is 16.4 Å². The van der Waals surface area contributed by atoms with Gasteiger partial charge in [-0.1, -0.05) is 6.07 Å². The highest BCUT2D eigenvalue weighted by molar-refractivity contribution is 5.84. The van der Waals surface area contributed by atoms with E-state index in [2.05, 4.69) is 32.8 Å². The summed E-state index contributed by atoms with van der Waals surface area (Å²) in [5.74, 6) is 1.68. The quantitative estimate of drug-likeness (QED) is 0.304. The van der Waals surface area contributed by atoms with Crippen LogP contribution in [0.3, 0.4) is 0 Å². The molecule has 1 fully saturated rings. The van der Waals surface area contributed by atoms with Crippen LogP contribution in [0.5, 0.6) is 0 Å². The van der Waals surface area contributed by atoms with Gasteiger partial charge in [0, 0.05) is 43.2 Å². The Kier molecular flexibility index (Phi) is 5.76. The smallest absolute Gasteiger partial charge is 0.222 e. The van der Waals surface area contributed by atoms with Crippen LogP contribution in [0, 0.1) is 0 Å². The molecule has 1 aromatic carbocycles. The summed E-state index contributed by atoms with van der Waals surface area (Å²) >= 11 is 0. The number of nitrogens with two attached hydrogens (primary N) is 1. The molecule has 7 rings (SSSR count). The first-order valence-electron chi connectivity index (χ1n) is 13.4. The maximum atomic E-state index is 12.7. The first-order chi connectivity index (χ1) is 19.5. The summed E-state index contributed by atoms with van der Waals surface area (Å²) < 4.78 is 3.71. The highest BCUT2D eigenvalue weighted by atomic mass is 16.2. The van der Waals surface area contributed by atoms with E-state index >= 15 is 0 Å². The summed E-state index contributed by atoms with van der Waals surface area (Å²) in [6.07, 6.45) is 8.36. The van der Waals surface area contributed by atoms with E-state index in [0.717, 1.165) is 35.2 Å². The minimum absolute atomic E-state index is 0.0159. The molecule has 2 aliphatic rings. The van der Waals surface area contributed by atoms with Gasteiger partial charge in [0.2, 0.25) is 11.8 Å². The predicted molar refractivity (Wildman–Crippen MR) is 149 cm³/mol. The number of fused-ring (bicyclic) bond motifs is 2. The van der Waals surface area contributed by atoms with Crippen LogP contribution < -0.4 is 16.4 Å². The molecule has 1 saturated heterocycles. The van der Waals surface area contributed by atoms with Gasteiger partial charge in [-0.25, -0.2) is 19.6 Å². The molecule has 0 bridgehead atoms. The van der Waals surface area contributed by atoms with Gasteiger partial charge in [0.25, 0.3) is 0 Å². The third-order valence-electron chi connectivity index (χ3n) is 7.62. The summed E-state index contributed by atoms with van der Waals surface area (Å²) in [5, 5.41) is 10.4. The molecule has 200 valence electrons. The molecule has 40 heavy (non-hydrogen) atoms. The minimum atomic E-state index is -0.0808. The van der Waals surface area contributed by atoms with E-state index in [0.29, 0.717) is 47.9 Å². The van der Waals surface area contributed by atoms with Crippen molar-refractivity contribution in [1.82, 2.24) is 39.9 Å². The van der Waals surface area contributed by atoms with Crippen molar-refractivity contribution in [3.63, 3.8) is 0 Å². The Labute approximate surface area is 229 Å². The number of nitrogen functional groups attached to an aromatic ring is 1. The fourth-order valence-corrected chi connectivity index (χ4v) is 5.71. The molecule has 4 aromatic heterocycles. The van der Waals surface area contributed by atoms with Crippen LogP contribution in [0.2, 0.25) is 0 Å². The Morgan fingerprint density at radius 2 is 2.00 bits per heavy atom. The molecule has 0 spiro atoms. The SMILES string of the molecule is Nc1ncccc1-c1nc2ccc(-n3cccn3)nc2n1-c1ccc2c(c1)CCC2NC(=O)CC1CCC(=O)N1. The molecule has 5 heterocycles. The number of rotatable bonds is 6. The Balaban J connectivity index is 1.26. The lowest BCUT2D eigenvalue weighted by Crippen LogP contribution is -2.34. The van der Waals surface area contributed by atoms with Crippen LogP contribution in [0.4, 0.5) is 5.82 Å². The molecule has 11 heteroatoms. The maximum Gasteiger partial charge on any atom is 0.222 e. The van der Waals surface area contributed by atoms with Gasteiger partial charge in [-0.05, 0) is 72.9 Å². The van der Waals surface area contributed by atoms with E-state index in [-0.39, 0.29) is 23.9 Å². The van der Waals surface area contributed by atoms with Gasteiger partial charge >= 0.3 is 0 Å². The average molecular weight is 534 g/mol. The molecular formula is C29H27N9O2. The highest BCUT2D eigenvalue weighted by Crippen LogP contribution is 2.36. The van der Waals surface area contributed by atoms with Crippen LogP contribution in [-0.2, 0) is 16.0 Å². The molecule has 2 atom stereocenters. The Bertz CT molecular complexity index is 1760. The second-order valence-corrected chi connectivity index (χ2v) is 10.2. The lowest BCUT2D eigenvalue weighted by Gasteiger charge is -2.17. The normalized spacial score (nSPS) is 18.1. The third-order valence-corrected chi connectivity index (χ3v) is 7.62. The van der Waals surface area contributed by atoms with Gasteiger partial charge in [-0.3, -0.25) is 14.2 Å². The van der Waals surface area contributed by atoms with Crippen molar-refractivity contribution in [1.29, 1.82) is 0 Å². The molecule has 1 aliphatic carbocycles. The summed E-state index contributed by atoms with van der Waals surface area (Å²) in [5.41, 5.74) is 11.6. The summed E-state index contributed by atoms with van der Waals surface area (Å²) in [4.78, 5) is 38.3. The van der Waals surface area contributed by atoms with Gasteiger partial charge in [0.15, 0.2) is 17.3 Å². The molecule has 5 aromatic rings. The largest absolute Gasteiger partial charge is 0.383 e. The number of anilines is 1. The fourth-order valence-electron chi connectivity index (χ4n) is 5.71. The number of nitrogens with one attached hydrogen (secondary N) is 2. The van der Waals surface area contributed by atoms with E-state index in [9.17, 15) is 9.59 Å². The third kappa shape index (κ3) is 4.25. The number of benzene rings is 1. The zero-order chi connectivity index (χ0) is 27.2. The van der Waals surface area contributed by atoms with Crippen molar-refractivity contribution in [2.24, 2.45) is 0 Å². The zero-order valence-corrected chi connectivity index (χ0v) is 21.6. The monoisotopic (exact) mass is 533 g/mol. The highest BCUT2D eigenvalue weighted by Gasteiger charge is 2.28. The number of hydrogen-bond donors (Lipinski definition) is 3. The number of amides is 2. The maximum absolute atomic E-state index is 12.7. The standard InChI is InChI=1S/C29H27N9O2/c30-27-21(3-1-12-31-27)28-35-23-9-10-24(37-14-2-13-32-37)36-29(23)38(28)19-6-7-20-17(15-19)4-8-22(20)34-26(40)16-18-5-11-25(39)33-18/h1-3,6-7,9-10,12-15,18,22H,4-5,8,11,16H2,(H2,30,31)(H,33,39)(H,34,40). The molecular weight excluding hydrogens is 506 g/mol. The summed E-state index contributed by atoms with van der Waals surface area (Å²) in [6.45, 7) is 0. The van der Waals surface area contributed by atoms with Crippen molar-refractivity contribution in [2.45, 2.75) is 44.2 Å². The van der Waals surface area contributed by atoms with E-state index in [1.165, 1.54) is 0 Å². The Morgan fingerprint density at radius 1 is 1.07 bits per heavy atom. The van der Waals surface area contributed by atoms with Gasteiger partial charge in [-0.2, -0.15) is 5.10 Å². The number of hydrogen-bond acceptors (Lipinski definition) is 7. The molecule has 11 nitrogen and oxygen atoms in total. The summed E-state index contributed by atoms with van der Waals surface area (Å²) in [7, 11) is 0. The minimum Gasteiger partial charge on any atom is -0.383 e. The first-order valence-corrected chi connectivity index (χ1v) is 13.4. The summed E-state index contributed by atoms with van der Waals surface area (Å²) in [6, 6.07) is 15.5. The van der Waals surface area contributed by atoms with Crippen LogP contribution in [0.1, 0.15) is 42.9 Å². The fraction of sp³-hybridized carbons (Fsp3) is 0.241. The predicted octanol–water partition coefficient (Wildman–Crippen LogP) is 3.02. The number of nitrogens with zero attached hydrogens (tertiary/aromatic N) is 6. The molecule has 0 radical (unpaired) electrons.